The van der Waals surface area contributed by atoms with Gasteiger partial charge in [0.25, 0.3) is 0 Å². The summed E-state index contributed by atoms with van der Waals surface area (Å²) in [6.45, 7) is 3.34. The second kappa shape index (κ2) is 8.84. The molecular formula is C20H30N2O4. The number of amides is 1. The minimum absolute atomic E-state index is 0.0619. The third-order valence-electron chi connectivity index (χ3n) is 5.59. The predicted octanol–water partition coefficient (Wildman–Crippen LogP) is 1.94. The van der Waals surface area contributed by atoms with Crippen LogP contribution in [0.2, 0.25) is 0 Å². The first-order valence-electron chi connectivity index (χ1n) is 9.40. The van der Waals surface area contributed by atoms with Crippen LogP contribution in [0.1, 0.15) is 19.3 Å². The molecule has 26 heavy (non-hydrogen) atoms. The second-order valence-electron chi connectivity index (χ2n) is 7.22. The minimum atomic E-state index is -0.0819. The van der Waals surface area contributed by atoms with Crippen LogP contribution in [-0.4, -0.2) is 76.1 Å². The topological polar surface area (TPSA) is 51.2 Å². The molecule has 1 atom stereocenters. The number of likely N-dealkylation sites (N-methyl/N-ethyl adjacent to an activating group) is 1. The van der Waals surface area contributed by atoms with Crippen LogP contribution < -0.4 is 4.90 Å². The van der Waals surface area contributed by atoms with Gasteiger partial charge in [-0.2, -0.15) is 0 Å². The average molecular weight is 362 g/mol. The fraction of sp³-hybridized carbons (Fsp3) is 0.650. The van der Waals surface area contributed by atoms with Crippen LogP contribution in [0, 0.1) is 0 Å². The third kappa shape index (κ3) is 4.55. The molecule has 2 fully saturated rings. The fourth-order valence-corrected chi connectivity index (χ4v) is 3.85. The molecule has 1 spiro atoms. The highest BCUT2D eigenvalue weighted by Crippen LogP contribution is 2.38. The van der Waals surface area contributed by atoms with Crippen molar-refractivity contribution in [3.05, 3.63) is 30.3 Å². The highest BCUT2D eigenvalue weighted by molar-refractivity contribution is 5.77. The molecule has 144 valence electrons. The summed E-state index contributed by atoms with van der Waals surface area (Å²) in [4.78, 5) is 16.4. The van der Waals surface area contributed by atoms with E-state index in [-0.39, 0.29) is 18.1 Å². The van der Waals surface area contributed by atoms with E-state index in [1.165, 1.54) is 5.69 Å². The van der Waals surface area contributed by atoms with Crippen LogP contribution in [0.25, 0.3) is 0 Å². The van der Waals surface area contributed by atoms with Crippen LogP contribution in [0.4, 0.5) is 5.69 Å². The minimum Gasteiger partial charge on any atom is -0.382 e. The lowest BCUT2D eigenvalue weighted by Crippen LogP contribution is -2.48. The maximum absolute atomic E-state index is 12.2. The Morgan fingerprint density at radius 3 is 2.69 bits per heavy atom. The molecule has 2 aliphatic heterocycles. The molecule has 2 heterocycles. The number of ether oxygens (including phenoxy) is 3. The molecule has 0 bridgehead atoms. The maximum Gasteiger partial charge on any atom is 0.248 e. The Labute approximate surface area is 156 Å². The lowest BCUT2D eigenvalue weighted by molar-refractivity contribution is -0.141. The number of likely N-dealkylation sites (tertiary alicyclic amines) is 1. The summed E-state index contributed by atoms with van der Waals surface area (Å²) in [6, 6.07) is 10.8. The Bertz CT molecular complexity index is 572. The van der Waals surface area contributed by atoms with Gasteiger partial charge in [0, 0.05) is 32.9 Å². The highest BCUT2D eigenvalue weighted by Gasteiger charge is 2.44. The molecule has 1 aromatic rings. The highest BCUT2D eigenvalue weighted by atomic mass is 16.5. The van der Waals surface area contributed by atoms with Gasteiger partial charge in [-0.05, 0) is 31.4 Å². The number of anilines is 1. The summed E-state index contributed by atoms with van der Waals surface area (Å²) in [7, 11) is 3.76. The summed E-state index contributed by atoms with van der Waals surface area (Å²) >= 11 is 0. The predicted molar refractivity (Wildman–Crippen MR) is 100 cm³/mol. The molecule has 0 aromatic heterocycles. The third-order valence-corrected chi connectivity index (χ3v) is 5.59. The monoisotopic (exact) mass is 362 g/mol. The van der Waals surface area contributed by atoms with E-state index in [4.69, 9.17) is 14.2 Å². The Morgan fingerprint density at radius 2 is 2.00 bits per heavy atom. The molecular weight excluding hydrogens is 332 g/mol. The molecule has 1 unspecified atom stereocenters. The number of piperidine rings is 1. The Hall–Kier alpha value is -1.63. The Kier molecular flexibility index (Phi) is 6.51. The van der Waals surface area contributed by atoms with E-state index in [1.807, 2.05) is 11.0 Å². The van der Waals surface area contributed by atoms with E-state index in [9.17, 15) is 4.79 Å². The number of carbonyl (C=O) groups excluding carboxylic acids is 1. The van der Waals surface area contributed by atoms with Gasteiger partial charge in [0.15, 0.2) is 0 Å². The van der Waals surface area contributed by atoms with Crippen LogP contribution >= 0.6 is 0 Å². The standard InChI is InChI=1S/C20H30N2O4/c1-21(17-6-4-3-5-7-17)18-14-20(26-15-18)8-10-22(11-9-20)19(23)16-25-13-12-24-2/h3-7,18H,8-16H2,1-2H3. The number of nitrogens with zero attached hydrogens (tertiary/aromatic N) is 2. The Morgan fingerprint density at radius 1 is 1.27 bits per heavy atom. The molecule has 2 aliphatic rings. The first-order valence-corrected chi connectivity index (χ1v) is 9.40. The van der Waals surface area contributed by atoms with Crippen molar-refractivity contribution in [2.24, 2.45) is 0 Å². The summed E-state index contributed by atoms with van der Waals surface area (Å²) in [5.41, 5.74) is 1.14. The van der Waals surface area contributed by atoms with Crippen molar-refractivity contribution < 1.29 is 19.0 Å². The molecule has 3 rings (SSSR count). The number of rotatable bonds is 7. The van der Waals surface area contributed by atoms with Gasteiger partial charge in [0.2, 0.25) is 5.91 Å². The second-order valence-corrected chi connectivity index (χ2v) is 7.22. The summed E-state index contributed by atoms with van der Waals surface area (Å²) in [5, 5.41) is 0. The first kappa shape index (κ1) is 19.1. The fourth-order valence-electron chi connectivity index (χ4n) is 3.85. The van der Waals surface area contributed by atoms with Crippen molar-refractivity contribution in [3.8, 4) is 0 Å². The van der Waals surface area contributed by atoms with Crippen molar-refractivity contribution in [2.75, 3.05) is 58.6 Å². The summed E-state index contributed by atoms with van der Waals surface area (Å²) in [5.74, 6) is 0.0619. The smallest absolute Gasteiger partial charge is 0.248 e. The normalized spacial score (nSPS) is 21.9. The molecule has 0 radical (unpaired) electrons. The van der Waals surface area contributed by atoms with Crippen LogP contribution in [-0.2, 0) is 19.0 Å². The van der Waals surface area contributed by atoms with E-state index < -0.39 is 0 Å². The van der Waals surface area contributed by atoms with Crippen LogP contribution in [0.3, 0.4) is 0 Å². The lowest BCUT2D eigenvalue weighted by Gasteiger charge is -2.39. The number of carbonyl (C=O) groups is 1. The van der Waals surface area contributed by atoms with E-state index in [0.717, 1.165) is 39.0 Å². The molecule has 0 saturated carbocycles. The number of hydrogen-bond acceptors (Lipinski definition) is 5. The van der Waals surface area contributed by atoms with Gasteiger partial charge < -0.3 is 24.0 Å². The molecule has 0 aliphatic carbocycles. The van der Waals surface area contributed by atoms with Gasteiger partial charge in [-0.25, -0.2) is 0 Å². The van der Waals surface area contributed by atoms with Gasteiger partial charge in [-0.3, -0.25) is 4.79 Å². The number of benzene rings is 1. The molecule has 1 amide bonds. The summed E-state index contributed by atoms with van der Waals surface area (Å²) in [6.07, 6.45) is 2.82. The molecule has 6 heteroatoms. The molecule has 2 saturated heterocycles. The van der Waals surface area contributed by atoms with Crippen molar-refractivity contribution in [1.29, 1.82) is 0 Å². The van der Waals surface area contributed by atoms with E-state index in [2.05, 4.69) is 36.2 Å². The quantitative estimate of drug-likeness (QED) is 0.694. The van der Waals surface area contributed by atoms with Crippen LogP contribution in [0.5, 0.6) is 0 Å². The van der Waals surface area contributed by atoms with Gasteiger partial charge in [-0.1, -0.05) is 18.2 Å². The van der Waals surface area contributed by atoms with Crippen molar-refractivity contribution in [2.45, 2.75) is 30.9 Å². The molecule has 6 nitrogen and oxygen atoms in total. The van der Waals surface area contributed by atoms with Crippen molar-refractivity contribution in [3.63, 3.8) is 0 Å². The molecule has 1 aromatic carbocycles. The van der Waals surface area contributed by atoms with E-state index >= 15 is 0 Å². The van der Waals surface area contributed by atoms with Gasteiger partial charge in [0.1, 0.15) is 6.61 Å². The van der Waals surface area contributed by atoms with Gasteiger partial charge in [0.05, 0.1) is 31.5 Å². The van der Waals surface area contributed by atoms with Crippen LogP contribution in [0.15, 0.2) is 30.3 Å². The maximum atomic E-state index is 12.2. The zero-order valence-electron chi connectivity index (χ0n) is 15.9. The van der Waals surface area contributed by atoms with Crippen molar-refractivity contribution >= 4 is 11.6 Å². The zero-order chi connectivity index (χ0) is 18.4. The number of hydrogen-bond donors (Lipinski definition) is 0. The zero-order valence-corrected chi connectivity index (χ0v) is 15.9. The first-order chi connectivity index (χ1) is 12.6. The largest absolute Gasteiger partial charge is 0.382 e. The summed E-state index contributed by atoms with van der Waals surface area (Å²) < 4.78 is 16.5. The van der Waals surface area contributed by atoms with Gasteiger partial charge >= 0.3 is 0 Å². The van der Waals surface area contributed by atoms with Crippen molar-refractivity contribution in [1.82, 2.24) is 4.90 Å². The van der Waals surface area contributed by atoms with E-state index in [0.29, 0.717) is 19.3 Å². The lowest BCUT2D eigenvalue weighted by atomic mass is 9.87. The number of methoxy groups -OCH3 is 1. The molecule has 0 N–H and O–H groups in total. The number of para-hydroxylation sites is 1. The SMILES string of the molecule is COCCOCC(=O)N1CCC2(CC1)CC(N(C)c1ccccc1)CO2. The van der Waals surface area contributed by atoms with Gasteiger partial charge in [-0.15, -0.1) is 0 Å². The Balaban J connectivity index is 1.46. The van der Waals surface area contributed by atoms with E-state index in [1.54, 1.807) is 7.11 Å². The average Bonchev–Trinajstić information content (AvgIpc) is 3.09.